The fourth-order valence-electron chi connectivity index (χ4n) is 0.586. The van der Waals surface area contributed by atoms with Gasteiger partial charge in [-0.2, -0.15) is 0 Å². The maximum Gasteiger partial charge on any atom is 0.426 e. The molecule has 3 nitrogen and oxygen atoms in total. The second-order valence-corrected chi connectivity index (χ2v) is 2.88. The molecule has 1 aromatic rings. The van der Waals surface area contributed by atoms with Gasteiger partial charge in [-0.1, -0.05) is 11.6 Å². The van der Waals surface area contributed by atoms with Crippen LogP contribution in [0.3, 0.4) is 0 Å². The summed E-state index contributed by atoms with van der Waals surface area (Å²) >= 11 is 5.56. The molecule has 0 heterocycles. The molecule has 0 bridgehead atoms. The average molecular weight is 192 g/mol. The lowest BCUT2D eigenvalue weighted by Gasteiger charge is -1.97. The van der Waals surface area contributed by atoms with Gasteiger partial charge in [0.2, 0.25) is 0 Å². The van der Waals surface area contributed by atoms with Crippen LogP contribution in [-0.4, -0.2) is 4.89 Å². The summed E-state index contributed by atoms with van der Waals surface area (Å²) in [7, 11) is -2.58. The minimum Gasteiger partial charge on any atom is -0.398 e. The van der Waals surface area contributed by atoms with E-state index in [0.717, 1.165) is 0 Å². The zero-order valence-electron chi connectivity index (χ0n) is 5.40. The lowest BCUT2D eigenvalue weighted by Crippen LogP contribution is -1.78. The molecule has 1 atom stereocenters. The van der Waals surface area contributed by atoms with E-state index in [2.05, 4.69) is 4.52 Å². The van der Waals surface area contributed by atoms with Gasteiger partial charge >= 0.3 is 8.25 Å². The van der Waals surface area contributed by atoms with Crippen molar-refractivity contribution in [3.63, 3.8) is 0 Å². The third-order valence-electron chi connectivity index (χ3n) is 0.997. The van der Waals surface area contributed by atoms with E-state index in [4.69, 9.17) is 16.5 Å². The third kappa shape index (κ3) is 2.85. The van der Waals surface area contributed by atoms with Crippen molar-refractivity contribution < 1.29 is 14.0 Å². The third-order valence-corrected chi connectivity index (χ3v) is 1.62. The Morgan fingerprint density at radius 2 is 1.91 bits per heavy atom. The second kappa shape index (κ2) is 3.67. The standard InChI is InChI=1S/C6H5ClO3P/c7-5-1-3-6(4-2-5)10-11(8)9/h1-4H,(H,8,9). The zero-order chi connectivity index (χ0) is 8.27. The van der Waals surface area contributed by atoms with Crippen molar-refractivity contribution in [1.82, 2.24) is 0 Å². The first-order valence-electron chi connectivity index (χ1n) is 2.78. The number of benzene rings is 1. The molecule has 0 aromatic heterocycles. The SMILES string of the molecule is O=[P](O)Oc1ccc(Cl)cc1. The Labute approximate surface area is 69.5 Å². The van der Waals surface area contributed by atoms with Crippen LogP contribution in [0.1, 0.15) is 0 Å². The predicted octanol–water partition coefficient (Wildman–Crippen LogP) is 2.37. The van der Waals surface area contributed by atoms with Crippen molar-refractivity contribution in [2.45, 2.75) is 0 Å². The van der Waals surface area contributed by atoms with Crippen molar-refractivity contribution >= 4 is 19.9 Å². The summed E-state index contributed by atoms with van der Waals surface area (Å²) in [6.45, 7) is 0. The molecule has 59 valence electrons. The van der Waals surface area contributed by atoms with Gasteiger partial charge in [0.25, 0.3) is 0 Å². The van der Waals surface area contributed by atoms with Crippen LogP contribution in [0.25, 0.3) is 0 Å². The molecule has 5 heteroatoms. The van der Waals surface area contributed by atoms with E-state index in [1.165, 1.54) is 12.1 Å². The second-order valence-electron chi connectivity index (χ2n) is 1.78. The van der Waals surface area contributed by atoms with E-state index in [0.29, 0.717) is 10.8 Å². The lowest BCUT2D eigenvalue weighted by molar-refractivity contribution is 0.410. The lowest BCUT2D eigenvalue weighted by atomic mass is 10.3. The van der Waals surface area contributed by atoms with Gasteiger partial charge in [0.05, 0.1) is 0 Å². The van der Waals surface area contributed by atoms with Crippen LogP contribution in [0.2, 0.25) is 5.02 Å². The molecule has 0 spiro atoms. The van der Waals surface area contributed by atoms with Crippen LogP contribution in [-0.2, 0) is 4.57 Å². The summed E-state index contributed by atoms with van der Waals surface area (Å²) in [5, 5.41) is 0.561. The Hall–Kier alpha value is -0.630. The molecule has 0 aliphatic rings. The quantitative estimate of drug-likeness (QED) is 0.730. The Balaban J connectivity index is 2.74. The van der Waals surface area contributed by atoms with Crippen LogP contribution in [0.15, 0.2) is 24.3 Å². The van der Waals surface area contributed by atoms with E-state index in [1.54, 1.807) is 12.1 Å². The van der Waals surface area contributed by atoms with Gasteiger partial charge in [-0.15, -0.1) is 0 Å². The molecule has 1 rings (SSSR count). The van der Waals surface area contributed by atoms with E-state index >= 15 is 0 Å². The molecule has 1 radical (unpaired) electrons. The van der Waals surface area contributed by atoms with Crippen LogP contribution >= 0.6 is 19.9 Å². The first-order chi connectivity index (χ1) is 5.18. The molecule has 0 aliphatic carbocycles. The number of hydrogen-bond acceptors (Lipinski definition) is 2. The molecule has 0 saturated carbocycles. The van der Waals surface area contributed by atoms with Crippen LogP contribution in [0.4, 0.5) is 0 Å². The van der Waals surface area contributed by atoms with Gasteiger partial charge in [-0.3, -0.25) is 4.89 Å². The maximum absolute atomic E-state index is 10.1. The first-order valence-corrected chi connectivity index (χ1v) is 4.29. The molecule has 1 unspecified atom stereocenters. The van der Waals surface area contributed by atoms with Gasteiger partial charge in [-0.05, 0) is 24.3 Å². The summed E-state index contributed by atoms with van der Waals surface area (Å²) in [5.74, 6) is 0.331. The highest BCUT2D eigenvalue weighted by atomic mass is 35.5. The minimum absolute atomic E-state index is 0.331. The van der Waals surface area contributed by atoms with Gasteiger partial charge in [0.15, 0.2) is 0 Å². The zero-order valence-corrected chi connectivity index (χ0v) is 7.05. The van der Waals surface area contributed by atoms with Gasteiger partial charge < -0.3 is 4.52 Å². The number of hydrogen-bond donors (Lipinski definition) is 1. The molecule has 0 saturated heterocycles. The Kier molecular flexibility index (Phi) is 2.83. The molecule has 0 amide bonds. The van der Waals surface area contributed by atoms with E-state index in [1.807, 2.05) is 0 Å². The van der Waals surface area contributed by atoms with Crippen molar-refractivity contribution in [3.8, 4) is 5.75 Å². The average Bonchev–Trinajstić information content (AvgIpc) is 1.93. The van der Waals surface area contributed by atoms with Gasteiger partial charge in [-0.25, -0.2) is 4.57 Å². The highest BCUT2D eigenvalue weighted by molar-refractivity contribution is 7.32. The maximum atomic E-state index is 10.1. The minimum atomic E-state index is -2.58. The van der Waals surface area contributed by atoms with Crippen molar-refractivity contribution in [3.05, 3.63) is 29.3 Å². The molecular formula is C6H5ClO3P. The normalized spacial score (nSPS) is 10.9. The molecule has 1 aromatic carbocycles. The summed E-state index contributed by atoms with van der Waals surface area (Å²) in [5.41, 5.74) is 0. The van der Waals surface area contributed by atoms with E-state index in [-0.39, 0.29) is 0 Å². The molecule has 1 N–H and O–H groups in total. The fourth-order valence-corrected chi connectivity index (χ4v) is 1.01. The molecule has 0 fully saturated rings. The molecule has 11 heavy (non-hydrogen) atoms. The number of halogens is 1. The van der Waals surface area contributed by atoms with Gasteiger partial charge in [0.1, 0.15) is 5.75 Å². The summed E-state index contributed by atoms with van der Waals surface area (Å²) in [6.07, 6.45) is 0. The topological polar surface area (TPSA) is 46.5 Å². The number of rotatable bonds is 2. The van der Waals surface area contributed by atoms with Crippen molar-refractivity contribution in [2.24, 2.45) is 0 Å². The van der Waals surface area contributed by atoms with Crippen LogP contribution in [0, 0.1) is 0 Å². The Bertz CT molecular complexity index is 259. The van der Waals surface area contributed by atoms with Crippen molar-refractivity contribution in [2.75, 3.05) is 0 Å². The monoisotopic (exact) mass is 191 g/mol. The van der Waals surface area contributed by atoms with E-state index in [9.17, 15) is 4.57 Å². The van der Waals surface area contributed by atoms with Crippen LogP contribution in [0.5, 0.6) is 5.75 Å². The summed E-state index contributed by atoms with van der Waals surface area (Å²) in [6, 6.07) is 6.20. The smallest absolute Gasteiger partial charge is 0.398 e. The van der Waals surface area contributed by atoms with Crippen molar-refractivity contribution in [1.29, 1.82) is 0 Å². The Morgan fingerprint density at radius 1 is 1.36 bits per heavy atom. The summed E-state index contributed by atoms with van der Waals surface area (Å²) in [4.78, 5) is 8.33. The van der Waals surface area contributed by atoms with E-state index < -0.39 is 8.25 Å². The van der Waals surface area contributed by atoms with Crippen LogP contribution < -0.4 is 4.52 Å². The predicted molar refractivity (Wildman–Crippen MR) is 41.9 cm³/mol. The fraction of sp³-hybridized carbons (Fsp3) is 0. The highest BCUT2D eigenvalue weighted by Crippen LogP contribution is 2.23. The Morgan fingerprint density at radius 3 is 2.36 bits per heavy atom. The first kappa shape index (κ1) is 8.47. The largest absolute Gasteiger partial charge is 0.426 e. The molecule has 0 aliphatic heterocycles. The van der Waals surface area contributed by atoms with Gasteiger partial charge in [0, 0.05) is 5.02 Å². The molecular weight excluding hydrogens is 186 g/mol. The highest BCUT2D eigenvalue weighted by Gasteiger charge is 1.97. The summed E-state index contributed by atoms with van der Waals surface area (Å²) < 4.78 is 14.6.